The zero-order valence-electron chi connectivity index (χ0n) is 6.42. The van der Waals surface area contributed by atoms with Crippen LogP contribution in [0.2, 0.25) is 0 Å². The van der Waals surface area contributed by atoms with E-state index in [1.165, 1.54) is 0 Å². The lowest BCUT2D eigenvalue weighted by Crippen LogP contribution is -2.11. The number of rotatable bonds is 5. The second kappa shape index (κ2) is 5.51. The molecule has 60 valence electrons. The minimum atomic E-state index is -0.795. The van der Waals surface area contributed by atoms with Crippen LogP contribution in [0.15, 0.2) is 31.0 Å². The fourth-order valence-electron chi connectivity index (χ4n) is 0.725. The van der Waals surface area contributed by atoms with Gasteiger partial charge in [0, 0.05) is 0 Å². The monoisotopic (exact) mass is 152 g/mol. The molecule has 0 aromatic rings. The number of carboxylic acid groups (broad SMARTS) is 1. The molecule has 0 rings (SSSR count). The predicted molar refractivity (Wildman–Crippen MR) is 44.3 cm³/mol. The second-order valence-electron chi connectivity index (χ2n) is 2.20. The van der Waals surface area contributed by atoms with Crippen LogP contribution in [0.5, 0.6) is 0 Å². The quantitative estimate of drug-likeness (QED) is 0.483. The zero-order valence-corrected chi connectivity index (χ0v) is 6.42. The van der Waals surface area contributed by atoms with Gasteiger partial charge in [-0.1, -0.05) is 12.7 Å². The van der Waals surface area contributed by atoms with Gasteiger partial charge in [0.2, 0.25) is 0 Å². The van der Waals surface area contributed by atoms with E-state index in [4.69, 9.17) is 5.11 Å². The molecule has 0 radical (unpaired) electrons. The largest absolute Gasteiger partial charge is 0.481 e. The molecule has 0 aliphatic carbocycles. The summed E-state index contributed by atoms with van der Waals surface area (Å²) in [5.74, 6) is -1.17. The molecule has 0 aliphatic rings. The molecule has 1 unspecified atom stereocenters. The van der Waals surface area contributed by atoms with E-state index in [2.05, 4.69) is 18.9 Å². The first-order valence-corrected chi connectivity index (χ1v) is 3.40. The number of hydrogen-bond acceptors (Lipinski definition) is 1. The highest BCUT2D eigenvalue weighted by Crippen LogP contribution is 2.09. The summed E-state index contributed by atoms with van der Waals surface area (Å²) < 4.78 is 0. The van der Waals surface area contributed by atoms with Crippen LogP contribution in [-0.2, 0) is 4.79 Å². The standard InChI is InChI=1S/C9H12O2/c1-3-5-7-8(6-4-2)9(10)11/h4-5,8H,1-2,6-7H2,(H,10,11). The molecule has 2 nitrogen and oxygen atoms in total. The van der Waals surface area contributed by atoms with Gasteiger partial charge in [-0.3, -0.25) is 4.79 Å². The van der Waals surface area contributed by atoms with Gasteiger partial charge < -0.3 is 5.11 Å². The van der Waals surface area contributed by atoms with Crippen molar-refractivity contribution in [2.75, 3.05) is 0 Å². The molecule has 1 N–H and O–H groups in total. The Labute approximate surface area is 66.5 Å². The maximum absolute atomic E-state index is 10.5. The molecule has 0 aliphatic heterocycles. The maximum Gasteiger partial charge on any atom is 0.307 e. The summed E-state index contributed by atoms with van der Waals surface area (Å²) in [6.07, 6.45) is 4.20. The van der Waals surface area contributed by atoms with Crippen LogP contribution >= 0.6 is 0 Å². The number of allylic oxidation sites excluding steroid dienone is 2. The summed E-state index contributed by atoms with van der Waals surface area (Å²) in [5.41, 5.74) is 2.54. The molecule has 0 bridgehead atoms. The van der Waals surface area contributed by atoms with Crippen molar-refractivity contribution in [1.82, 2.24) is 0 Å². The minimum Gasteiger partial charge on any atom is -0.481 e. The Morgan fingerprint density at radius 1 is 1.64 bits per heavy atom. The van der Waals surface area contributed by atoms with Gasteiger partial charge in [0.1, 0.15) is 0 Å². The Bertz CT molecular complexity index is 188. The number of aliphatic carboxylic acids is 1. The smallest absolute Gasteiger partial charge is 0.307 e. The lowest BCUT2D eigenvalue weighted by Gasteiger charge is -2.04. The fraction of sp³-hybridized carbons (Fsp3) is 0.333. The number of carboxylic acids is 1. The third-order valence-corrected chi connectivity index (χ3v) is 1.35. The van der Waals surface area contributed by atoms with Crippen LogP contribution in [0.25, 0.3) is 0 Å². The molecule has 0 fully saturated rings. The topological polar surface area (TPSA) is 37.3 Å². The van der Waals surface area contributed by atoms with Crippen LogP contribution < -0.4 is 0 Å². The molecule has 11 heavy (non-hydrogen) atoms. The first kappa shape index (κ1) is 9.73. The molecule has 0 heterocycles. The molecule has 0 aromatic carbocycles. The number of carbonyl (C=O) groups is 1. The Morgan fingerprint density at radius 3 is 2.64 bits per heavy atom. The number of hydrogen-bond donors (Lipinski definition) is 1. The van der Waals surface area contributed by atoms with Gasteiger partial charge in [-0.15, -0.1) is 12.3 Å². The Kier molecular flexibility index (Phi) is 4.87. The summed E-state index contributed by atoms with van der Waals surface area (Å²) in [6, 6.07) is 0. The van der Waals surface area contributed by atoms with E-state index in [-0.39, 0.29) is 5.92 Å². The van der Waals surface area contributed by atoms with E-state index in [1.807, 2.05) is 0 Å². The van der Waals surface area contributed by atoms with Gasteiger partial charge in [-0.2, -0.15) is 0 Å². The van der Waals surface area contributed by atoms with Crippen molar-refractivity contribution in [1.29, 1.82) is 0 Å². The van der Waals surface area contributed by atoms with Crippen LogP contribution in [-0.4, -0.2) is 11.1 Å². The highest BCUT2D eigenvalue weighted by Gasteiger charge is 2.12. The van der Waals surface area contributed by atoms with E-state index in [0.717, 1.165) is 0 Å². The van der Waals surface area contributed by atoms with Gasteiger partial charge in [-0.05, 0) is 18.9 Å². The Hall–Kier alpha value is -1.27. The minimum absolute atomic E-state index is 0.373. The molecule has 0 spiro atoms. The van der Waals surface area contributed by atoms with Crippen molar-refractivity contribution >= 4 is 5.97 Å². The van der Waals surface area contributed by atoms with Gasteiger partial charge in [0.25, 0.3) is 0 Å². The van der Waals surface area contributed by atoms with Crippen molar-refractivity contribution in [3.8, 4) is 0 Å². The van der Waals surface area contributed by atoms with Crippen molar-refractivity contribution in [3.63, 3.8) is 0 Å². The van der Waals surface area contributed by atoms with Crippen molar-refractivity contribution < 1.29 is 9.90 Å². The van der Waals surface area contributed by atoms with E-state index in [9.17, 15) is 4.79 Å². The summed E-state index contributed by atoms with van der Waals surface area (Å²) in [7, 11) is 0. The van der Waals surface area contributed by atoms with E-state index < -0.39 is 5.97 Å². The van der Waals surface area contributed by atoms with Gasteiger partial charge in [0.05, 0.1) is 5.92 Å². The van der Waals surface area contributed by atoms with Crippen LogP contribution in [0.1, 0.15) is 12.8 Å². The fourth-order valence-corrected chi connectivity index (χ4v) is 0.725. The van der Waals surface area contributed by atoms with Gasteiger partial charge in [0.15, 0.2) is 0 Å². The molecule has 1 atom stereocenters. The lowest BCUT2D eigenvalue weighted by atomic mass is 10.0. The Balaban J connectivity index is 3.98. The predicted octanol–water partition coefficient (Wildman–Crippen LogP) is 1.99. The third kappa shape index (κ3) is 4.18. The highest BCUT2D eigenvalue weighted by atomic mass is 16.4. The summed E-state index contributed by atoms with van der Waals surface area (Å²) in [4.78, 5) is 10.5. The summed E-state index contributed by atoms with van der Waals surface area (Å²) in [5, 5.41) is 8.62. The average Bonchev–Trinajstić information content (AvgIpc) is 1.97. The molecular formula is C9H12O2. The summed E-state index contributed by atoms with van der Waals surface area (Å²) in [6.45, 7) is 6.83. The maximum atomic E-state index is 10.5. The zero-order chi connectivity index (χ0) is 8.69. The SMILES string of the molecule is C=C=CCC(CC=C)C(=O)O. The third-order valence-electron chi connectivity index (χ3n) is 1.35. The molecule has 0 amide bonds. The Morgan fingerprint density at radius 2 is 2.27 bits per heavy atom. The molecule has 0 saturated heterocycles. The normalized spacial score (nSPS) is 11.3. The first-order chi connectivity index (χ1) is 5.22. The van der Waals surface area contributed by atoms with Crippen molar-refractivity contribution in [2.24, 2.45) is 5.92 Å². The van der Waals surface area contributed by atoms with Gasteiger partial charge in [-0.25, -0.2) is 0 Å². The molecule has 0 aromatic heterocycles. The lowest BCUT2D eigenvalue weighted by molar-refractivity contribution is -0.141. The van der Waals surface area contributed by atoms with Crippen LogP contribution in [0.3, 0.4) is 0 Å². The van der Waals surface area contributed by atoms with E-state index in [0.29, 0.717) is 12.8 Å². The molecular weight excluding hydrogens is 140 g/mol. The van der Waals surface area contributed by atoms with Crippen LogP contribution in [0, 0.1) is 5.92 Å². The molecule has 2 heteroatoms. The van der Waals surface area contributed by atoms with E-state index in [1.54, 1.807) is 12.2 Å². The first-order valence-electron chi connectivity index (χ1n) is 3.40. The molecule has 0 saturated carbocycles. The second-order valence-corrected chi connectivity index (χ2v) is 2.20. The summed E-state index contributed by atoms with van der Waals surface area (Å²) >= 11 is 0. The van der Waals surface area contributed by atoms with Crippen LogP contribution in [0.4, 0.5) is 0 Å². The van der Waals surface area contributed by atoms with E-state index >= 15 is 0 Å². The highest BCUT2D eigenvalue weighted by molar-refractivity contribution is 5.70. The van der Waals surface area contributed by atoms with Crippen molar-refractivity contribution in [2.45, 2.75) is 12.8 Å². The van der Waals surface area contributed by atoms with Crippen molar-refractivity contribution in [3.05, 3.63) is 31.0 Å². The van der Waals surface area contributed by atoms with Gasteiger partial charge >= 0.3 is 5.97 Å². The average molecular weight is 152 g/mol.